The van der Waals surface area contributed by atoms with Crippen molar-refractivity contribution in [3.63, 3.8) is 0 Å². The maximum Gasteiger partial charge on any atom is 0.360 e. The minimum absolute atomic E-state index is 0.0947. The topological polar surface area (TPSA) is 57.0 Å². The van der Waals surface area contributed by atoms with Crippen LogP contribution in [0, 0.1) is 6.92 Å². The molecule has 0 amide bonds. The molecule has 0 aliphatic rings. The zero-order valence-corrected chi connectivity index (χ0v) is 10.1. The fraction of sp³-hybridized carbons (Fsp3) is 0.182. The van der Waals surface area contributed by atoms with Gasteiger partial charge in [-0.1, -0.05) is 17.7 Å². The number of hydrogen-bond acceptors (Lipinski definition) is 4. The van der Waals surface area contributed by atoms with E-state index in [0.29, 0.717) is 11.5 Å². The number of halogens is 1. The van der Waals surface area contributed by atoms with Crippen molar-refractivity contribution in [3.8, 4) is 5.82 Å². The predicted octanol–water partition coefficient (Wildman–Crippen LogP) is 2.02. The Bertz CT molecular complexity index is 551. The van der Waals surface area contributed by atoms with E-state index in [9.17, 15) is 4.79 Å². The third-order valence-electron chi connectivity index (χ3n) is 2.29. The van der Waals surface area contributed by atoms with Crippen LogP contribution in [-0.4, -0.2) is 27.8 Å². The quantitative estimate of drug-likeness (QED) is 0.766. The summed E-state index contributed by atoms with van der Waals surface area (Å²) in [6, 6.07) is 5.40. The summed E-state index contributed by atoms with van der Waals surface area (Å²) in [7, 11) is 1.29. The van der Waals surface area contributed by atoms with E-state index >= 15 is 0 Å². The maximum atomic E-state index is 11.4. The highest BCUT2D eigenvalue weighted by atomic mass is 35.5. The van der Waals surface area contributed by atoms with E-state index in [1.165, 1.54) is 11.8 Å². The maximum absolute atomic E-state index is 11.4. The first kappa shape index (κ1) is 11.6. The summed E-state index contributed by atoms with van der Waals surface area (Å²) in [6.07, 6.45) is 1.64. The van der Waals surface area contributed by atoms with Crippen molar-refractivity contribution in [2.24, 2.45) is 0 Å². The van der Waals surface area contributed by atoms with Gasteiger partial charge in [0.25, 0.3) is 0 Å². The molecular formula is C11H10ClN3O2. The second-order valence-corrected chi connectivity index (χ2v) is 3.72. The molecule has 0 unspecified atom stereocenters. The molecule has 0 saturated carbocycles. The summed E-state index contributed by atoms with van der Waals surface area (Å²) in [4.78, 5) is 15.6. The normalized spacial score (nSPS) is 10.3. The number of carbonyl (C=O) groups excluding carboxylic acids is 1. The van der Waals surface area contributed by atoms with Gasteiger partial charge in [-0.15, -0.1) is 0 Å². The van der Waals surface area contributed by atoms with Crippen LogP contribution in [-0.2, 0) is 4.74 Å². The summed E-state index contributed by atoms with van der Waals surface area (Å²) in [5, 5.41) is 4.38. The van der Waals surface area contributed by atoms with Crippen molar-refractivity contribution < 1.29 is 9.53 Å². The highest BCUT2D eigenvalue weighted by Crippen LogP contribution is 2.22. The van der Waals surface area contributed by atoms with Gasteiger partial charge in [0.05, 0.1) is 17.8 Å². The smallest absolute Gasteiger partial charge is 0.360 e. The Balaban J connectivity index is 2.54. The average Bonchev–Trinajstić information content (AvgIpc) is 2.67. The number of rotatable bonds is 2. The summed E-state index contributed by atoms with van der Waals surface area (Å²) >= 11 is 6.03. The van der Waals surface area contributed by atoms with Crippen LogP contribution in [0.5, 0.6) is 0 Å². The Labute approximate surface area is 103 Å². The third kappa shape index (κ3) is 2.01. The second kappa shape index (κ2) is 4.55. The van der Waals surface area contributed by atoms with Gasteiger partial charge < -0.3 is 4.74 Å². The Hall–Kier alpha value is -1.88. The van der Waals surface area contributed by atoms with Gasteiger partial charge in [0.1, 0.15) is 0 Å². The molecule has 0 saturated heterocycles. The lowest BCUT2D eigenvalue weighted by molar-refractivity contribution is 0.0593. The first-order chi connectivity index (χ1) is 8.15. The van der Waals surface area contributed by atoms with Crippen molar-refractivity contribution in [1.29, 1.82) is 0 Å². The van der Waals surface area contributed by atoms with Crippen LogP contribution in [0.4, 0.5) is 0 Å². The number of esters is 1. The molecule has 0 aromatic carbocycles. The molecule has 2 rings (SSSR count). The molecule has 0 aliphatic heterocycles. The van der Waals surface area contributed by atoms with E-state index in [4.69, 9.17) is 11.6 Å². The molecule has 5 nitrogen and oxygen atoms in total. The van der Waals surface area contributed by atoms with Crippen molar-refractivity contribution in [2.45, 2.75) is 6.92 Å². The highest BCUT2D eigenvalue weighted by molar-refractivity contribution is 6.34. The SMILES string of the molecule is COC(=O)c1nn(-c2ccccn2)c(C)c1Cl. The summed E-state index contributed by atoms with van der Waals surface area (Å²) < 4.78 is 6.11. The van der Waals surface area contributed by atoms with E-state index in [1.807, 2.05) is 6.07 Å². The van der Waals surface area contributed by atoms with Crippen LogP contribution >= 0.6 is 11.6 Å². The number of aromatic nitrogens is 3. The van der Waals surface area contributed by atoms with Crippen molar-refractivity contribution in [3.05, 3.63) is 40.8 Å². The number of carbonyl (C=O) groups is 1. The van der Waals surface area contributed by atoms with E-state index in [0.717, 1.165) is 0 Å². The standard InChI is InChI=1S/C11H10ClN3O2/c1-7-9(12)10(11(16)17-2)14-15(7)8-5-3-4-6-13-8/h3-6H,1-2H3. The fourth-order valence-electron chi connectivity index (χ4n) is 1.41. The van der Waals surface area contributed by atoms with Gasteiger partial charge in [-0.05, 0) is 19.1 Å². The van der Waals surface area contributed by atoms with Gasteiger partial charge in [0.2, 0.25) is 0 Å². The molecule has 0 atom stereocenters. The van der Waals surface area contributed by atoms with Crippen LogP contribution in [0.3, 0.4) is 0 Å². The molecule has 0 fully saturated rings. The average molecular weight is 252 g/mol. The number of hydrogen-bond donors (Lipinski definition) is 0. The first-order valence-electron chi connectivity index (χ1n) is 4.90. The van der Waals surface area contributed by atoms with E-state index < -0.39 is 5.97 Å². The molecule has 88 valence electrons. The van der Waals surface area contributed by atoms with Gasteiger partial charge >= 0.3 is 5.97 Å². The second-order valence-electron chi connectivity index (χ2n) is 3.34. The molecule has 0 N–H and O–H groups in total. The van der Waals surface area contributed by atoms with Gasteiger partial charge in [0.15, 0.2) is 11.5 Å². The highest BCUT2D eigenvalue weighted by Gasteiger charge is 2.20. The van der Waals surface area contributed by atoms with Gasteiger partial charge in [-0.2, -0.15) is 5.10 Å². The van der Waals surface area contributed by atoms with Gasteiger partial charge in [0, 0.05) is 6.20 Å². The largest absolute Gasteiger partial charge is 0.464 e. The predicted molar refractivity (Wildman–Crippen MR) is 62.4 cm³/mol. The van der Waals surface area contributed by atoms with E-state index in [1.54, 1.807) is 25.3 Å². The van der Waals surface area contributed by atoms with Crippen LogP contribution < -0.4 is 0 Å². The van der Waals surface area contributed by atoms with Gasteiger partial charge in [-0.25, -0.2) is 14.5 Å². The zero-order valence-electron chi connectivity index (χ0n) is 9.35. The Morgan fingerprint density at radius 2 is 2.24 bits per heavy atom. The molecular weight excluding hydrogens is 242 g/mol. The fourth-order valence-corrected chi connectivity index (χ4v) is 1.61. The molecule has 0 aliphatic carbocycles. The number of pyridine rings is 1. The minimum Gasteiger partial charge on any atom is -0.464 e. The number of ether oxygens (including phenoxy) is 1. The lowest BCUT2D eigenvalue weighted by Crippen LogP contribution is -2.05. The first-order valence-corrected chi connectivity index (χ1v) is 5.27. The molecule has 0 radical (unpaired) electrons. The molecule has 2 heterocycles. The van der Waals surface area contributed by atoms with Crippen molar-refractivity contribution in [2.75, 3.05) is 7.11 Å². The Kier molecular flexibility index (Phi) is 3.10. The molecule has 2 aromatic heterocycles. The van der Waals surface area contributed by atoms with Crippen molar-refractivity contribution >= 4 is 17.6 Å². The summed E-state index contributed by atoms with van der Waals surface area (Å²) in [6.45, 7) is 1.76. The molecule has 6 heteroatoms. The van der Waals surface area contributed by atoms with E-state index in [-0.39, 0.29) is 10.7 Å². The monoisotopic (exact) mass is 251 g/mol. The van der Waals surface area contributed by atoms with Gasteiger partial charge in [-0.3, -0.25) is 0 Å². The van der Waals surface area contributed by atoms with Crippen molar-refractivity contribution in [1.82, 2.24) is 14.8 Å². The van der Waals surface area contributed by atoms with Crippen LogP contribution in [0.1, 0.15) is 16.2 Å². The van der Waals surface area contributed by atoms with Crippen LogP contribution in [0.15, 0.2) is 24.4 Å². The Morgan fingerprint density at radius 1 is 1.47 bits per heavy atom. The summed E-state index contributed by atoms with van der Waals surface area (Å²) in [5.41, 5.74) is 0.739. The summed E-state index contributed by atoms with van der Waals surface area (Å²) in [5.74, 6) is 0.0369. The third-order valence-corrected chi connectivity index (χ3v) is 2.74. The van der Waals surface area contributed by atoms with Crippen LogP contribution in [0.25, 0.3) is 5.82 Å². The number of methoxy groups -OCH3 is 1. The van der Waals surface area contributed by atoms with Crippen LogP contribution in [0.2, 0.25) is 5.02 Å². The molecule has 17 heavy (non-hydrogen) atoms. The minimum atomic E-state index is -0.562. The lowest BCUT2D eigenvalue weighted by atomic mass is 10.3. The lowest BCUT2D eigenvalue weighted by Gasteiger charge is -2.01. The van der Waals surface area contributed by atoms with E-state index in [2.05, 4.69) is 14.8 Å². The zero-order chi connectivity index (χ0) is 12.4. The Morgan fingerprint density at radius 3 is 2.82 bits per heavy atom. The molecule has 0 spiro atoms. The number of nitrogens with zero attached hydrogens (tertiary/aromatic N) is 3. The molecule has 0 bridgehead atoms. The molecule has 2 aromatic rings.